The summed E-state index contributed by atoms with van der Waals surface area (Å²) in [6, 6.07) is 0. The summed E-state index contributed by atoms with van der Waals surface area (Å²) in [6.07, 6.45) is 8.54. The molecule has 3 nitrogen and oxygen atoms in total. The van der Waals surface area contributed by atoms with Gasteiger partial charge in [0.15, 0.2) is 15.6 Å². The number of carbonyl (C=O) groups excluding carboxylic acids is 1. The average Bonchev–Trinajstić information content (AvgIpc) is 2.98. The first kappa shape index (κ1) is 17.2. The van der Waals surface area contributed by atoms with Gasteiger partial charge in [-0.25, -0.2) is 8.42 Å². The summed E-state index contributed by atoms with van der Waals surface area (Å²) >= 11 is 0. The zero-order valence-corrected chi connectivity index (χ0v) is 16.8. The predicted octanol–water partition coefficient (Wildman–Crippen LogP) is 4.10. The van der Waals surface area contributed by atoms with E-state index < -0.39 is 9.84 Å². The van der Waals surface area contributed by atoms with Gasteiger partial charge in [0.1, 0.15) is 0 Å². The quantitative estimate of drug-likeness (QED) is 0.649. The Morgan fingerprint density at radius 3 is 2.69 bits per heavy atom. The van der Waals surface area contributed by atoms with Crippen LogP contribution < -0.4 is 0 Å². The second-order valence-corrected chi connectivity index (χ2v) is 12.3. The molecule has 0 spiro atoms. The maximum Gasteiger partial charge on any atom is 0.157 e. The number of hydrogen-bond donors (Lipinski definition) is 0. The maximum atomic E-state index is 13.0. The lowest BCUT2D eigenvalue weighted by molar-refractivity contribution is -0.117. The molecule has 5 rings (SSSR count). The molecular weight excluding hydrogens is 344 g/mol. The highest BCUT2D eigenvalue weighted by Crippen LogP contribution is 2.70. The summed E-state index contributed by atoms with van der Waals surface area (Å²) in [5.74, 6) is 2.61. The van der Waals surface area contributed by atoms with Gasteiger partial charge in [-0.1, -0.05) is 19.1 Å². The van der Waals surface area contributed by atoms with Crippen LogP contribution in [0.3, 0.4) is 0 Å². The van der Waals surface area contributed by atoms with Gasteiger partial charge in [0.05, 0.1) is 11.0 Å². The Hall–Kier alpha value is -0.900. The largest absolute Gasteiger partial charge is 0.295 e. The Kier molecular flexibility index (Phi) is 3.39. The van der Waals surface area contributed by atoms with Crippen molar-refractivity contribution in [3.63, 3.8) is 0 Å². The van der Waals surface area contributed by atoms with Gasteiger partial charge in [-0.2, -0.15) is 0 Å². The molecule has 0 aromatic carbocycles. The number of rotatable bonds is 1. The molecule has 4 unspecified atom stereocenters. The van der Waals surface area contributed by atoms with E-state index in [1.807, 2.05) is 0 Å². The van der Waals surface area contributed by atoms with Crippen molar-refractivity contribution in [2.45, 2.75) is 64.0 Å². The molecule has 5 aliphatic rings. The SMILES string of the molecule is C=C(C)C1CCC2C3C[C@H]4C5=CC(=O)CC[C@]5(CS4(=O)=O)C3CC[C@]12C. The van der Waals surface area contributed by atoms with Crippen molar-refractivity contribution < 1.29 is 13.2 Å². The third kappa shape index (κ3) is 1.95. The van der Waals surface area contributed by atoms with E-state index in [2.05, 4.69) is 20.4 Å². The van der Waals surface area contributed by atoms with Crippen LogP contribution in [0.4, 0.5) is 0 Å². The lowest BCUT2D eigenvalue weighted by Crippen LogP contribution is -2.52. The van der Waals surface area contributed by atoms with Crippen molar-refractivity contribution in [1.82, 2.24) is 0 Å². The van der Waals surface area contributed by atoms with Crippen molar-refractivity contribution in [3.8, 4) is 0 Å². The summed E-state index contributed by atoms with van der Waals surface area (Å²) in [5, 5.41) is -0.376. The Bertz CT molecular complexity index is 837. The zero-order chi connectivity index (χ0) is 18.5. The van der Waals surface area contributed by atoms with Gasteiger partial charge in [0, 0.05) is 11.8 Å². The van der Waals surface area contributed by atoms with E-state index in [1.165, 1.54) is 24.8 Å². The highest BCUT2D eigenvalue weighted by molar-refractivity contribution is 7.92. The van der Waals surface area contributed by atoms with E-state index >= 15 is 0 Å². The number of allylic oxidation sites excluding steroid dienone is 1. The molecule has 0 aromatic heterocycles. The Labute approximate surface area is 157 Å². The van der Waals surface area contributed by atoms with Gasteiger partial charge in [0.25, 0.3) is 0 Å². The standard InChI is InChI=1S/C22H30O3S/c1-13(2)16-4-5-17-15-11-20-19-10-14(23)6-9-22(19,12-26(20,24)25)18(15)7-8-21(16,17)3/h10,15-18,20H,1,4-9,11-12H2,2-3H3/t15?,16?,17?,18?,20-,21+,22-/m0/s1. The van der Waals surface area contributed by atoms with Crippen LogP contribution in [0.2, 0.25) is 0 Å². The van der Waals surface area contributed by atoms with Crippen molar-refractivity contribution in [2.75, 3.05) is 5.75 Å². The molecule has 7 atom stereocenters. The van der Waals surface area contributed by atoms with E-state index in [9.17, 15) is 13.2 Å². The highest BCUT2D eigenvalue weighted by atomic mass is 32.2. The van der Waals surface area contributed by atoms with Crippen LogP contribution >= 0.6 is 0 Å². The smallest absolute Gasteiger partial charge is 0.157 e. The van der Waals surface area contributed by atoms with Crippen molar-refractivity contribution in [2.24, 2.45) is 34.5 Å². The van der Waals surface area contributed by atoms with Crippen molar-refractivity contribution >= 4 is 15.6 Å². The number of hydrogen-bond acceptors (Lipinski definition) is 3. The Morgan fingerprint density at radius 2 is 1.96 bits per heavy atom. The lowest BCUT2D eigenvalue weighted by atomic mass is 9.46. The first-order valence-corrected chi connectivity index (χ1v) is 12.0. The number of sulfone groups is 1. The van der Waals surface area contributed by atoms with Gasteiger partial charge in [-0.05, 0) is 86.2 Å². The van der Waals surface area contributed by atoms with Gasteiger partial charge < -0.3 is 0 Å². The fourth-order valence-corrected chi connectivity index (χ4v) is 10.9. The second kappa shape index (κ2) is 5.12. The molecule has 142 valence electrons. The van der Waals surface area contributed by atoms with E-state index in [0.717, 1.165) is 24.8 Å². The van der Waals surface area contributed by atoms with E-state index in [1.54, 1.807) is 6.08 Å². The minimum absolute atomic E-state index is 0.139. The normalized spacial score (nSPS) is 51.2. The summed E-state index contributed by atoms with van der Waals surface area (Å²) in [4.78, 5) is 12.1. The third-order valence-electron chi connectivity index (χ3n) is 9.18. The Balaban J connectivity index is 1.60. The van der Waals surface area contributed by atoms with Gasteiger partial charge in [-0.15, -0.1) is 0 Å². The van der Waals surface area contributed by atoms with E-state index in [0.29, 0.717) is 41.3 Å². The molecular formula is C22H30O3S. The van der Waals surface area contributed by atoms with Crippen LogP contribution in [-0.2, 0) is 14.6 Å². The van der Waals surface area contributed by atoms with Crippen LogP contribution in [0, 0.1) is 34.5 Å². The molecule has 0 amide bonds. The number of fused-ring (bicyclic) bond motifs is 3. The maximum absolute atomic E-state index is 13.0. The molecule has 0 radical (unpaired) electrons. The van der Waals surface area contributed by atoms with Gasteiger partial charge >= 0.3 is 0 Å². The fraction of sp³-hybridized carbons (Fsp3) is 0.773. The monoisotopic (exact) mass is 374 g/mol. The van der Waals surface area contributed by atoms with Crippen molar-refractivity contribution in [1.29, 1.82) is 0 Å². The van der Waals surface area contributed by atoms with Crippen LogP contribution in [0.25, 0.3) is 0 Å². The van der Waals surface area contributed by atoms with Gasteiger partial charge in [0.2, 0.25) is 0 Å². The van der Waals surface area contributed by atoms with E-state index in [-0.39, 0.29) is 16.4 Å². The molecule has 0 aromatic rings. The first-order valence-electron chi connectivity index (χ1n) is 10.3. The molecule has 26 heavy (non-hydrogen) atoms. The third-order valence-corrected chi connectivity index (χ3v) is 11.4. The topological polar surface area (TPSA) is 51.2 Å². The zero-order valence-electron chi connectivity index (χ0n) is 16.0. The fourth-order valence-electron chi connectivity index (χ4n) is 8.24. The molecule has 4 heteroatoms. The second-order valence-electron chi connectivity index (χ2n) is 10.2. The molecule has 4 fully saturated rings. The molecule has 2 bridgehead atoms. The predicted molar refractivity (Wildman–Crippen MR) is 102 cm³/mol. The molecule has 1 saturated heterocycles. The van der Waals surface area contributed by atoms with E-state index in [4.69, 9.17) is 0 Å². The number of carbonyl (C=O) groups is 1. The summed E-state index contributed by atoms with van der Waals surface area (Å²) in [5.41, 5.74) is 2.39. The number of ketones is 1. The highest BCUT2D eigenvalue weighted by Gasteiger charge is 2.67. The summed E-state index contributed by atoms with van der Waals surface area (Å²) < 4.78 is 26.1. The minimum atomic E-state index is -3.11. The van der Waals surface area contributed by atoms with Crippen molar-refractivity contribution in [3.05, 3.63) is 23.8 Å². The molecule has 0 N–H and O–H groups in total. The summed E-state index contributed by atoms with van der Waals surface area (Å²) in [7, 11) is -3.11. The molecule has 4 aliphatic carbocycles. The lowest BCUT2D eigenvalue weighted by Gasteiger charge is -2.57. The van der Waals surface area contributed by atoms with Gasteiger partial charge in [-0.3, -0.25) is 4.79 Å². The molecule has 1 aliphatic heterocycles. The van der Waals surface area contributed by atoms with Crippen LogP contribution in [0.15, 0.2) is 23.8 Å². The van der Waals surface area contributed by atoms with Crippen LogP contribution in [0.1, 0.15) is 58.8 Å². The minimum Gasteiger partial charge on any atom is -0.295 e. The molecule has 1 heterocycles. The molecule has 3 saturated carbocycles. The average molecular weight is 375 g/mol. The first-order chi connectivity index (χ1) is 12.2. The summed E-state index contributed by atoms with van der Waals surface area (Å²) in [6.45, 7) is 8.89. The Morgan fingerprint density at radius 1 is 1.19 bits per heavy atom. The van der Waals surface area contributed by atoms with Crippen LogP contribution in [-0.4, -0.2) is 25.2 Å². The van der Waals surface area contributed by atoms with Crippen LogP contribution in [0.5, 0.6) is 0 Å².